The predicted molar refractivity (Wildman–Crippen MR) is 216 cm³/mol. The van der Waals surface area contributed by atoms with E-state index in [4.69, 9.17) is 13.7 Å². The van der Waals surface area contributed by atoms with Crippen molar-refractivity contribution >= 4 is 64.6 Å². The second kappa shape index (κ2) is 10.5. The topological polar surface area (TPSA) is 0 Å². The molecule has 0 nitrogen and oxygen atoms in total. The van der Waals surface area contributed by atoms with Crippen molar-refractivity contribution < 1.29 is 26.0 Å². The van der Waals surface area contributed by atoms with E-state index in [1.807, 2.05) is 0 Å². The first kappa shape index (κ1) is 14.9. The van der Waals surface area contributed by atoms with Gasteiger partial charge in [-0.2, -0.15) is 0 Å². The highest BCUT2D eigenvalue weighted by Gasteiger charge is 2.18. The Kier molecular flexibility index (Phi) is 3.14. The summed E-state index contributed by atoms with van der Waals surface area (Å²) in [5, 5.41) is -1.57. The third-order valence-corrected chi connectivity index (χ3v) is 9.36. The largest absolute Gasteiger partial charge is 0.0636 e. The van der Waals surface area contributed by atoms with Crippen molar-refractivity contribution in [3.05, 3.63) is 182 Å². The molecule has 0 bridgehead atoms. The lowest BCUT2D eigenvalue weighted by atomic mass is 9.85. The van der Waals surface area contributed by atoms with Crippen LogP contribution in [0, 0.1) is 0 Å². The molecule has 0 aliphatic carbocycles. The van der Waals surface area contributed by atoms with Crippen molar-refractivity contribution in [3.63, 3.8) is 0 Å². The highest BCUT2D eigenvalue weighted by Crippen LogP contribution is 2.45. The lowest BCUT2D eigenvalue weighted by molar-refractivity contribution is 1.57. The standard InChI is InChI=1S/C50H30/c1-2-8-31(9-3-1)38-28-39(30-40(29-38)42-24-20-36-18-16-32-10-6-12-34-22-26-45(42)49(36)47(32)34)41-14-4-5-15-43(41)44-25-21-37-19-17-33-11-7-13-35-23-27-46(44)50(37)48(33)35/h1-30H/i6D,7D,10D,11D,12D,13D,16D,17D,18D,19D,20D,21D,22D,23D,24D,25D,26D,27D,29D. The molecule has 0 radical (unpaired) electrons. The maximum atomic E-state index is 9.84. The van der Waals surface area contributed by atoms with Crippen LogP contribution >= 0.6 is 0 Å². The van der Waals surface area contributed by atoms with Crippen molar-refractivity contribution in [1.29, 1.82) is 0 Å². The summed E-state index contributed by atoms with van der Waals surface area (Å²) in [5.41, 5.74) is 1.51. The zero-order valence-corrected chi connectivity index (χ0v) is 25.9. The zero-order chi connectivity index (χ0) is 49.3. The Morgan fingerprint density at radius 2 is 0.760 bits per heavy atom. The third kappa shape index (κ3) is 4.00. The van der Waals surface area contributed by atoms with E-state index < -0.39 is 109 Å². The summed E-state index contributed by atoms with van der Waals surface area (Å²) in [6.45, 7) is 0. The van der Waals surface area contributed by atoms with E-state index in [0.717, 1.165) is 0 Å². The number of benzene rings is 11. The van der Waals surface area contributed by atoms with Gasteiger partial charge in [0.2, 0.25) is 0 Å². The second-order valence-corrected chi connectivity index (χ2v) is 12.1. The minimum absolute atomic E-state index is 0.0143. The SMILES string of the molecule is [2H]c1c(-c2ccccc2)cc(-c2ccccc2-c2c([2H])c([2H])c3c([2H])c([2H])c4c([2H])c([2H])c([2H])c5c([2H])c([2H])c2c3c45)cc1-c1c([2H])c([2H])c2c([2H])c([2H])c3c([2H])c([2H])c([2H])c4c([2H])c([2H])c1c2c34. The van der Waals surface area contributed by atoms with Crippen LogP contribution < -0.4 is 0 Å². The van der Waals surface area contributed by atoms with Gasteiger partial charge in [-0.25, -0.2) is 0 Å². The summed E-state index contributed by atoms with van der Waals surface area (Å²) in [6.07, 6.45) is 0. The lowest BCUT2D eigenvalue weighted by Gasteiger charge is -2.18. The monoisotopic (exact) mass is 649 g/mol. The van der Waals surface area contributed by atoms with Gasteiger partial charge >= 0.3 is 0 Å². The quantitative estimate of drug-likeness (QED) is 0.166. The molecule has 0 spiro atoms. The van der Waals surface area contributed by atoms with Crippen LogP contribution in [0.15, 0.2) is 182 Å². The van der Waals surface area contributed by atoms with Gasteiger partial charge in [-0.15, -0.1) is 0 Å². The van der Waals surface area contributed by atoms with Crippen LogP contribution in [0.1, 0.15) is 26.0 Å². The first-order valence-electron chi connectivity index (χ1n) is 25.4. The summed E-state index contributed by atoms with van der Waals surface area (Å²) in [4.78, 5) is 0. The van der Waals surface area contributed by atoms with Crippen LogP contribution in [0.2, 0.25) is 0 Å². The van der Waals surface area contributed by atoms with Gasteiger partial charge in [0.25, 0.3) is 0 Å². The van der Waals surface area contributed by atoms with Gasteiger partial charge in [0.15, 0.2) is 0 Å². The molecule has 11 rings (SSSR count). The molecule has 0 heteroatoms. The number of hydrogen-bond donors (Lipinski definition) is 0. The van der Waals surface area contributed by atoms with E-state index >= 15 is 0 Å². The fourth-order valence-electron chi connectivity index (χ4n) is 7.12. The van der Waals surface area contributed by atoms with Gasteiger partial charge in [-0.05, 0) is 127 Å². The molecule has 0 saturated heterocycles. The van der Waals surface area contributed by atoms with Crippen LogP contribution in [0.3, 0.4) is 0 Å². The van der Waals surface area contributed by atoms with Crippen LogP contribution in [-0.4, -0.2) is 0 Å². The van der Waals surface area contributed by atoms with Gasteiger partial charge in [-0.1, -0.05) is 163 Å². The van der Waals surface area contributed by atoms with Crippen molar-refractivity contribution in [2.75, 3.05) is 0 Å². The Bertz CT molecular complexity index is 4120. The highest BCUT2D eigenvalue weighted by molar-refractivity contribution is 6.27. The molecule has 230 valence electrons. The summed E-state index contributed by atoms with van der Waals surface area (Å²) in [6, 6.07) is 8.81. The molecule has 0 atom stereocenters. The normalized spacial score (nSPS) is 17.3. The molecule has 11 aromatic carbocycles. The Morgan fingerprint density at radius 1 is 0.300 bits per heavy atom. The zero-order valence-electron chi connectivity index (χ0n) is 44.9. The first-order chi connectivity index (χ1) is 32.7. The molecule has 0 unspecified atom stereocenters. The van der Waals surface area contributed by atoms with Crippen LogP contribution in [0.5, 0.6) is 0 Å². The molecule has 11 aromatic rings. The van der Waals surface area contributed by atoms with Crippen molar-refractivity contribution in [2.45, 2.75) is 0 Å². The molecule has 0 aliphatic heterocycles. The fourth-order valence-corrected chi connectivity index (χ4v) is 7.12. The molecular formula is C50H30. The minimum Gasteiger partial charge on any atom is -0.0622 e. The van der Waals surface area contributed by atoms with Gasteiger partial charge < -0.3 is 0 Å². The van der Waals surface area contributed by atoms with Crippen LogP contribution in [0.25, 0.3) is 109 Å². The molecule has 50 heavy (non-hydrogen) atoms. The van der Waals surface area contributed by atoms with Crippen molar-refractivity contribution in [3.8, 4) is 44.5 Å². The third-order valence-electron chi connectivity index (χ3n) is 9.36. The Labute approximate surface area is 316 Å². The maximum absolute atomic E-state index is 9.84. The molecule has 0 aliphatic rings. The van der Waals surface area contributed by atoms with E-state index in [0.29, 0.717) is 22.3 Å². The van der Waals surface area contributed by atoms with Crippen molar-refractivity contribution in [2.24, 2.45) is 0 Å². The first-order valence-corrected chi connectivity index (χ1v) is 15.9. The summed E-state index contributed by atoms with van der Waals surface area (Å²) in [5.74, 6) is 0. The highest BCUT2D eigenvalue weighted by atomic mass is 14.2. The Hall–Kier alpha value is -6.50. The molecule has 0 heterocycles. The molecule has 0 saturated carbocycles. The predicted octanol–water partition coefficient (Wildman–Crippen LogP) is 14.1. The van der Waals surface area contributed by atoms with Gasteiger partial charge in [-0.3, -0.25) is 0 Å². The van der Waals surface area contributed by atoms with E-state index in [-0.39, 0.29) is 92.9 Å². The van der Waals surface area contributed by atoms with Gasteiger partial charge in [0, 0.05) is 0 Å². The van der Waals surface area contributed by atoms with Crippen LogP contribution in [0.4, 0.5) is 0 Å². The molecular weight excluding hydrogens is 601 g/mol. The average Bonchev–Trinajstić information content (AvgIpc) is 3.33. The van der Waals surface area contributed by atoms with Gasteiger partial charge in [0.1, 0.15) is 0 Å². The van der Waals surface area contributed by atoms with Crippen LogP contribution in [-0.2, 0) is 0 Å². The summed E-state index contributed by atoms with van der Waals surface area (Å²) in [7, 11) is 0. The molecule has 0 N–H and O–H groups in total. The van der Waals surface area contributed by atoms with Crippen molar-refractivity contribution in [1.82, 2.24) is 0 Å². The second-order valence-electron chi connectivity index (χ2n) is 12.1. The molecule has 0 aromatic heterocycles. The van der Waals surface area contributed by atoms with Gasteiger partial charge in [0.05, 0.1) is 26.0 Å². The Morgan fingerprint density at radius 3 is 1.38 bits per heavy atom. The minimum atomic E-state index is -0.610. The lowest BCUT2D eigenvalue weighted by Crippen LogP contribution is -1.92. The summed E-state index contributed by atoms with van der Waals surface area (Å²) >= 11 is 0. The smallest absolute Gasteiger partial charge is 0.0622 e. The molecule has 0 fully saturated rings. The fraction of sp³-hybridized carbons (Fsp3) is 0. The van der Waals surface area contributed by atoms with E-state index in [1.54, 1.807) is 60.7 Å². The van der Waals surface area contributed by atoms with E-state index in [9.17, 15) is 12.3 Å². The summed E-state index contributed by atoms with van der Waals surface area (Å²) < 4.78 is 173. The average molecular weight is 650 g/mol. The van der Waals surface area contributed by atoms with E-state index in [2.05, 4.69) is 0 Å². The maximum Gasteiger partial charge on any atom is 0.0636 e. The van der Waals surface area contributed by atoms with E-state index in [1.165, 1.54) is 6.07 Å². The Balaban J connectivity index is 1.31. The molecule has 0 amide bonds. The number of rotatable bonds is 4. The number of hydrogen-bond acceptors (Lipinski definition) is 0.